The SMILES string of the molecule is C1=C(C2CCCC2)c2c(ncc3nc(C4CCCCC4)cn23)C1. The minimum absolute atomic E-state index is 0.666. The van der Waals surface area contributed by atoms with Crippen LogP contribution in [0.1, 0.15) is 80.8 Å². The van der Waals surface area contributed by atoms with Crippen molar-refractivity contribution in [2.24, 2.45) is 5.92 Å². The fourth-order valence-electron chi connectivity index (χ4n) is 4.97. The van der Waals surface area contributed by atoms with Gasteiger partial charge in [0, 0.05) is 18.5 Å². The summed E-state index contributed by atoms with van der Waals surface area (Å²) in [5.74, 6) is 1.42. The zero-order chi connectivity index (χ0) is 15.2. The van der Waals surface area contributed by atoms with E-state index in [9.17, 15) is 0 Å². The van der Waals surface area contributed by atoms with E-state index in [1.54, 1.807) is 5.57 Å². The van der Waals surface area contributed by atoms with E-state index in [0.717, 1.165) is 18.0 Å². The number of hydrogen-bond donors (Lipinski definition) is 0. The van der Waals surface area contributed by atoms with Gasteiger partial charge in [0.1, 0.15) is 0 Å². The quantitative estimate of drug-likeness (QED) is 0.789. The van der Waals surface area contributed by atoms with Gasteiger partial charge < -0.3 is 0 Å². The molecule has 0 aliphatic heterocycles. The minimum Gasteiger partial charge on any atom is -0.297 e. The van der Waals surface area contributed by atoms with E-state index in [1.807, 2.05) is 6.20 Å². The fourth-order valence-corrected chi connectivity index (χ4v) is 4.97. The van der Waals surface area contributed by atoms with E-state index in [4.69, 9.17) is 9.97 Å². The van der Waals surface area contributed by atoms with Gasteiger partial charge in [-0.2, -0.15) is 0 Å². The normalized spacial score (nSPS) is 22.7. The first-order chi connectivity index (χ1) is 11.4. The molecule has 0 spiro atoms. The molecule has 2 fully saturated rings. The van der Waals surface area contributed by atoms with Crippen LogP contribution in [0.5, 0.6) is 0 Å². The Morgan fingerprint density at radius 1 is 0.913 bits per heavy atom. The topological polar surface area (TPSA) is 30.2 Å². The van der Waals surface area contributed by atoms with Crippen molar-refractivity contribution in [2.75, 3.05) is 0 Å². The molecule has 0 aromatic carbocycles. The van der Waals surface area contributed by atoms with Crippen LogP contribution in [0.15, 0.2) is 18.5 Å². The first-order valence-corrected chi connectivity index (χ1v) is 9.47. The number of allylic oxidation sites excluding steroid dienone is 2. The van der Waals surface area contributed by atoms with Gasteiger partial charge in [0.05, 0.1) is 23.3 Å². The van der Waals surface area contributed by atoms with Crippen molar-refractivity contribution < 1.29 is 0 Å². The lowest BCUT2D eigenvalue weighted by molar-refractivity contribution is 0.438. The van der Waals surface area contributed by atoms with Crippen molar-refractivity contribution in [3.63, 3.8) is 0 Å². The molecule has 0 N–H and O–H groups in total. The van der Waals surface area contributed by atoms with Crippen molar-refractivity contribution in [3.8, 4) is 0 Å². The van der Waals surface area contributed by atoms with Crippen molar-refractivity contribution in [3.05, 3.63) is 35.6 Å². The molecular weight excluding hydrogens is 282 g/mol. The second-order valence-corrected chi connectivity index (χ2v) is 7.63. The summed E-state index contributed by atoms with van der Waals surface area (Å²) in [6.07, 6.45) is 20.0. The predicted molar refractivity (Wildman–Crippen MR) is 92.5 cm³/mol. The molecule has 2 saturated carbocycles. The Bertz CT molecular complexity index is 759. The zero-order valence-electron chi connectivity index (χ0n) is 13.8. The fraction of sp³-hybridized carbons (Fsp3) is 0.600. The molecule has 0 unspecified atom stereocenters. The number of fused-ring (bicyclic) bond motifs is 3. The Labute approximate surface area is 137 Å². The molecule has 3 aliphatic rings. The highest BCUT2D eigenvalue weighted by atomic mass is 15.0. The van der Waals surface area contributed by atoms with Crippen LogP contribution in [0, 0.1) is 5.92 Å². The first-order valence-electron chi connectivity index (χ1n) is 9.47. The van der Waals surface area contributed by atoms with Gasteiger partial charge in [-0.1, -0.05) is 38.2 Å². The zero-order valence-corrected chi connectivity index (χ0v) is 13.8. The van der Waals surface area contributed by atoms with E-state index < -0.39 is 0 Å². The molecule has 3 nitrogen and oxygen atoms in total. The van der Waals surface area contributed by atoms with Gasteiger partial charge in [0.15, 0.2) is 5.65 Å². The molecule has 0 bridgehead atoms. The molecule has 2 aromatic heterocycles. The molecule has 3 heteroatoms. The maximum absolute atomic E-state index is 4.95. The number of imidazole rings is 1. The summed E-state index contributed by atoms with van der Waals surface area (Å²) in [7, 11) is 0. The van der Waals surface area contributed by atoms with Crippen molar-refractivity contribution in [1.82, 2.24) is 14.4 Å². The van der Waals surface area contributed by atoms with Crippen LogP contribution in [0.25, 0.3) is 11.2 Å². The second-order valence-electron chi connectivity index (χ2n) is 7.63. The van der Waals surface area contributed by atoms with Crippen LogP contribution in [-0.4, -0.2) is 14.4 Å². The summed E-state index contributed by atoms with van der Waals surface area (Å²) >= 11 is 0. The van der Waals surface area contributed by atoms with Crippen LogP contribution >= 0.6 is 0 Å². The standard InChI is InChI=1S/C20H25N3/c1-2-8-15(9-3-1)18-13-23-19(22-18)12-21-17-11-10-16(20(17)23)14-6-4-5-7-14/h10,12-15H,1-9,11H2. The third-order valence-electron chi connectivity index (χ3n) is 6.21. The highest BCUT2D eigenvalue weighted by Gasteiger charge is 2.28. The molecule has 2 aromatic rings. The van der Waals surface area contributed by atoms with Crippen LogP contribution < -0.4 is 0 Å². The van der Waals surface area contributed by atoms with Crippen LogP contribution in [0.4, 0.5) is 0 Å². The molecule has 0 radical (unpaired) electrons. The molecule has 0 atom stereocenters. The van der Waals surface area contributed by atoms with Crippen molar-refractivity contribution in [1.29, 1.82) is 0 Å². The average Bonchev–Trinajstić information content (AvgIpc) is 3.32. The van der Waals surface area contributed by atoms with Crippen LogP contribution in [0.3, 0.4) is 0 Å². The summed E-state index contributed by atoms with van der Waals surface area (Å²) in [6.45, 7) is 0. The van der Waals surface area contributed by atoms with Gasteiger partial charge in [0.2, 0.25) is 0 Å². The van der Waals surface area contributed by atoms with Crippen LogP contribution in [0.2, 0.25) is 0 Å². The van der Waals surface area contributed by atoms with E-state index in [-0.39, 0.29) is 0 Å². The molecule has 120 valence electrons. The largest absolute Gasteiger partial charge is 0.297 e. The summed E-state index contributed by atoms with van der Waals surface area (Å²) in [5, 5.41) is 0. The molecule has 0 amide bonds. The summed E-state index contributed by atoms with van der Waals surface area (Å²) in [5.41, 5.74) is 6.55. The molecule has 5 rings (SSSR count). The van der Waals surface area contributed by atoms with Crippen LogP contribution in [-0.2, 0) is 6.42 Å². The number of rotatable bonds is 2. The smallest absolute Gasteiger partial charge is 0.156 e. The van der Waals surface area contributed by atoms with Gasteiger partial charge in [-0.25, -0.2) is 4.98 Å². The van der Waals surface area contributed by atoms with E-state index in [2.05, 4.69) is 16.7 Å². The number of aromatic nitrogens is 3. The monoisotopic (exact) mass is 307 g/mol. The lowest BCUT2D eigenvalue weighted by Crippen LogP contribution is -2.05. The Hall–Kier alpha value is -1.64. The molecular formula is C20H25N3. The highest BCUT2D eigenvalue weighted by Crippen LogP contribution is 2.41. The Morgan fingerprint density at radius 3 is 2.48 bits per heavy atom. The predicted octanol–water partition coefficient (Wildman–Crippen LogP) is 4.91. The third kappa shape index (κ3) is 2.24. The van der Waals surface area contributed by atoms with Gasteiger partial charge in [-0.3, -0.25) is 9.38 Å². The Morgan fingerprint density at radius 2 is 1.65 bits per heavy atom. The molecule has 23 heavy (non-hydrogen) atoms. The van der Waals surface area contributed by atoms with Gasteiger partial charge >= 0.3 is 0 Å². The second kappa shape index (κ2) is 5.47. The summed E-state index contributed by atoms with van der Waals surface area (Å²) in [6, 6.07) is 0. The third-order valence-corrected chi connectivity index (χ3v) is 6.21. The molecule has 2 heterocycles. The van der Waals surface area contributed by atoms with Crippen molar-refractivity contribution in [2.45, 2.75) is 70.1 Å². The van der Waals surface area contributed by atoms with Gasteiger partial charge in [-0.15, -0.1) is 0 Å². The number of nitrogens with zero attached hydrogens (tertiary/aromatic N) is 3. The first kappa shape index (κ1) is 13.8. The number of hydrogen-bond acceptors (Lipinski definition) is 2. The van der Waals surface area contributed by atoms with Gasteiger partial charge in [0.25, 0.3) is 0 Å². The maximum atomic E-state index is 4.95. The van der Waals surface area contributed by atoms with E-state index >= 15 is 0 Å². The minimum atomic E-state index is 0.666. The average molecular weight is 307 g/mol. The lowest BCUT2D eigenvalue weighted by Gasteiger charge is -2.19. The summed E-state index contributed by atoms with van der Waals surface area (Å²) < 4.78 is 2.36. The molecule has 0 saturated heterocycles. The maximum Gasteiger partial charge on any atom is 0.156 e. The van der Waals surface area contributed by atoms with E-state index in [0.29, 0.717) is 5.92 Å². The highest BCUT2D eigenvalue weighted by molar-refractivity contribution is 5.73. The Balaban J connectivity index is 1.58. The van der Waals surface area contributed by atoms with Crippen molar-refractivity contribution >= 4 is 11.2 Å². The van der Waals surface area contributed by atoms with Gasteiger partial charge in [-0.05, 0) is 37.2 Å². The lowest BCUT2D eigenvalue weighted by atomic mass is 9.87. The van der Waals surface area contributed by atoms with E-state index in [1.165, 1.54) is 74.9 Å². The molecule has 3 aliphatic carbocycles. The Kier molecular flexibility index (Phi) is 3.27. The summed E-state index contributed by atoms with van der Waals surface area (Å²) in [4.78, 5) is 9.68.